The van der Waals surface area contributed by atoms with Gasteiger partial charge in [-0.1, -0.05) is 73.5 Å². The van der Waals surface area contributed by atoms with Crippen LogP contribution in [-0.2, 0) is 11.2 Å². The van der Waals surface area contributed by atoms with E-state index >= 15 is 0 Å². The van der Waals surface area contributed by atoms with Gasteiger partial charge in [-0.05, 0) is 24.0 Å². The maximum atomic E-state index is 6.52. The summed E-state index contributed by atoms with van der Waals surface area (Å²) >= 11 is 0. The molecule has 1 heterocycles. The van der Waals surface area contributed by atoms with Gasteiger partial charge in [-0.2, -0.15) is 0 Å². The number of benzene rings is 2. The Bertz CT molecular complexity index is 592. The van der Waals surface area contributed by atoms with Crippen LogP contribution in [0.4, 0.5) is 0 Å². The highest BCUT2D eigenvalue weighted by Gasteiger charge is 2.56. The molecule has 1 aliphatic carbocycles. The third-order valence-electron chi connectivity index (χ3n) is 5.24. The molecular formula is C20H22O. The van der Waals surface area contributed by atoms with Crippen molar-refractivity contribution in [3.8, 4) is 0 Å². The Kier molecular flexibility index (Phi) is 3.31. The fraction of sp³-hybridized carbons (Fsp3) is 0.400. The van der Waals surface area contributed by atoms with Gasteiger partial charge in [0, 0.05) is 12.3 Å². The molecule has 0 bridgehead atoms. The quantitative estimate of drug-likeness (QED) is 0.773. The molecule has 4 rings (SSSR count). The fourth-order valence-corrected chi connectivity index (χ4v) is 4.22. The second kappa shape index (κ2) is 5.31. The van der Waals surface area contributed by atoms with Gasteiger partial charge >= 0.3 is 0 Å². The van der Waals surface area contributed by atoms with Crippen molar-refractivity contribution in [2.75, 3.05) is 0 Å². The van der Waals surface area contributed by atoms with E-state index in [1.54, 1.807) is 0 Å². The van der Waals surface area contributed by atoms with E-state index in [0.717, 1.165) is 6.42 Å². The second-order valence-corrected chi connectivity index (χ2v) is 6.53. The molecule has 0 unspecified atom stereocenters. The molecule has 2 fully saturated rings. The topological polar surface area (TPSA) is 9.23 Å². The van der Waals surface area contributed by atoms with Crippen molar-refractivity contribution in [1.82, 2.24) is 0 Å². The predicted molar refractivity (Wildman–Crippen MR) is 85.1 cm³/mol. The van der Waals surface area contributed by atoms with Crippen LogP contribution in [-0.4, -0.2) is 5.60 Å². The lowest BCUT2D eigenvalue weighted by molar-refractivity contribution is -0.280. The molecule has 1 heteroatoms. The molecule has 1 nitrogen and oxygen atoms in total. The summed E-state index contributed by atoms with van der Waals surface area (Å²) in [5.74, 6) is 0.689. The highest BCUT2D eigenvalue weighted by atomic mass is 16.5. The second-order valence-electron chi connectivity index (χ2n) is 6.53. The summed E-state index contributed by atoms with van der Waals surface area (Å²) < 4.78 is 6.52. The van der Waals surface area contributed by atoms with Crippen molar-refractivity contribution < 1.29 is 4.74 Å². The predicted octanol–water partition coefficient (Wildman–Crippen LogP) is 4.93. The molecule has 2 aromatic rings. The van der Waals surface area contributed by atoms with Crippen LogP contribution in [0.2, 0.25) is 0 Å². The first kappa shape index (κ1) is 13.1. The minimum Gasteiger partial charge on any atom is -0.366 e. The molecule has 2 aromatic carbocycles. The van der Waals surface area contributed by atoms with E-state index in [-0.39, 0.29) is 5.60 Å². The van der Waals surface area contributed by atoms with E-state index < -0.39 is 0 Å². The van der Waals surface area contributed by atoms with Gasteiger partial charge in [-0.3, -0.25) is 0 Å². The van der Waals surface area contributed by atoms with E-state index in [2.05, 4.69) is 60.7 Å². The number of ether oxygens (including phenoxy) is 1. The average Bonchev–Trinajstić information content (AvgIpc) is 2.53. The number of fused-ring (bicyclic) bond motifs is 1. The largest absolute Gasteiger partial charge is 0.366 e. The third-order valence-corrected chi connectivity index (χ3v) is 5.24. The summed E-state index contributed by atoms with van der Waals surface area (Å²) in [4.78, 5) is 0. The smallest absolute Gasteiger partial charge is 0.0888 e. The zero-order chi connectivity index (χ0) is 14.1. The van der Waals surface area contributed by atoms with Crippen LogP contribution in [0.25, 0.3) is 0 Å². The summed E-state index contributed by atoms with van der Waals surface area (Å²) in [5.41, 5.74) is 2.86. The molecule has 21 heavy (non-hydrogen) atoms. The Morgan fingerprint density at radius 1 is 0.905 bits per heavy atom. The highest BCUT2D eigenvalue weighted by molar-refractivity contribution is 5.26. The van der Waals surface area contributed by atoms with Crippen LogP contribution in [0.5, 0.6) is 0 Å². The van der Waals surface area contributed by atoms with E-state index in [9.17, 15) is 0 Å². The van der Waals surface area contributed by atoms with Crippen molar-refractivity contribution in [1.29, 1.82) is 0 Å². The normalized spacial score (nSPS) is 31.2. The van der Waals surface area contributed by atoms with Crippen molar-refractivity contribution in [3.05, 3.63) is 71.8 Å². The van der Waals surface area contributed by atoms with Gasteiger partial charge in [0.25, 0.3) is 0 Å². The van der Waals surface area contributed by atoms with Crippen LogP contribution in [0, 0.1) is 5.92 Å². The molecule has 1 saturated carbocycles. The molecule has 108 valence electrons. The summed E-state index contributed by atoms with van der Waals surface area (Å²) in [6, 6.07) is 21.6. The van der Waals surface area contributed by atoms with Gasteiger partial charge in [0.05, 0.1) is 11.7 Å². The molecule has 0 radical (unpaired) electrons. The first-order valence-corrected chi connectivity index (χ1v) is 8.14. The number of rotatable bonds is 3. The molecule has 3 atom stereocenters. The minimum absolute atomic E-state index is 0.0973. The Hall–Kier alpha value is -1.60. The van der Waals surface area contributed by atoms with Gasteiger partial charge in [-0.25, -0.2) is 0 Å². The van der Waals surface area contributed by atoms with Gasteiger partial charge in [-0.15, -0.1) is 0 Å². The summed E-state index contributed by atoms with van der Waals surface area (Å²) in [7, 11) is 0. The first-order valence-electron chi connectivity index (χ1n) is 8.14. The molecule has 0 N–H and O–H groups in total. The van der Waals surface area contributed by atoms with Crippen molar-refractivity contribution in [3.63, 3.8) is 0 Å². The van der Waals surface area contributed by atoms with Crippen LogP contribution in [0.15, 0.2) is 60.7 Å². The van der Waals surface area contributed by atoms with Crippen molar-refractivity contribution >= 4 is 0 Å². The van der Waals surface area contributed by atoms with Gasteiger partial charge < -0.3 is 4.74 Å². The standard InChI is InChI=1S/C20H22O/c1-3-9-16(10-4-1)15-20-14-8-7-13-18(20)19(21-20)17-11-5-2-6-12-17/h1-6,9-12,18-19H,7-8,13-15H2/t18-,19+,20+/m0/s1. The average molecular weight is 278 g/mol. The minimum atomic E-state index is 0.0973. The Labute approximate surface area is 127 Å². The lowest BCUT2D eigenvalue weighted by Gasteiger charge is -2.58. The zero-order valence-electron chi connectivity index (χ0n) is 12.4. The SMILES string of the molecule is c1ccc(C[C@]23CCCC[C@H]2[C@@H](c2ccccc2)O3)cc1. The maximum Gasteiger partial charge on any atom is 0.0888 e. The van der Waals surface area contributed by atoms with E-state index in [0.29, 0.717) is 12.0 Å². The fourth-order valence-electron chi connectivity index (χ4n) is 4.22. The molecule has 0 aromatic heterocycles. The summed E-state index contributed by atoms with van der Waals surface area (Å²) in [6.07, 6.45) is 6.58. The first-order chi connectivity index (χ1) is 10.4. The molecule has 1 aliphatic heterocycles. The summed E-state index contributed by atoms with van der Waals surface area (Å²) in [5, 5.41) is 0. The van der Waals surface area contributed by atoms with E-state index in [1.807, 2.05) is 0 Å². The van der Waals surface area contributed by atoms with Gasteiger partial charge in [0.15, 0.2) is 0 Å². The molecule has 2 aliphatic rings. The van der Waals surface area contributed by atoms with Crippen LogP contribution in [0.3, 0.4) is 0 Å². The van der Waals surface area contributed by atoms with E-state index in [4.69, 9.17) is 4.74 Å². The van der Waals surface area contributed by atoms with E-state index in [1.165, 1.54) is 36.8 Å². The van der Waals surface area contributed by atoms with Crippen LogP contribution < -0.4 is 0 Å². The molecular weight excluding hydrogens is 256 g/mol. The Balaban J connectivity index is 1.57. The van der Waals surface area contributed by atoms with Gasteiger partial charge in [0.1, 0.15) is 0 Å². The Morgan fingerprint density at radius 3 is 2.38 bits per heavy atom. The highest BCUT2D eigenvalue weighted by Crippen LogP contribution is 2.57. The summed E-state index contributed by atoms with van der Waals surface area (Å²) in [6.45, 7) is 0. The molecule has 0 amide bonds. The maximum absolute atomic E-state index is 6.52. The third kappa shape index (κ3) is 2.30. The zero-order valence-corrected chi connectivity index (χ0v) is 12.4. The monoisotopic (exact) mass is 278 g/mol. The van der Waals surface area contributed by atoms with Crippen LogP contribution in [0.1, 0.15) is 42.9 Å². The van der Waals surface area contributed by atoms with Crippen molar-refractivity contribution in [2.45, 2.75) is 43.8 Å². The molecule has 0 spiro atoms. The number of hydrogen-bond donors (Lipinski definition) is 0. The molecule has 1 saturated heterocycles. The number of hydrogen-bond acceptors (Lipinski definition) is 1. The van der Waals surface area contributed by atoms with Gasteiger partial charge in [0.2, 0.25) is 0 Å². The Morgan fingerprint density at radius 2 is 1.62 bits per heavy atom. The van der Waals surface area contributed by atoms with Crippen molar-refractivity contribution in [2.24, 2.45) is 5.92 Å². The lowest BCUT2D eigenvalue weighted by Crippen LogP contribution is -2.58. The lowest BCUT2D eigenvalue weighted by atomic mass is 9.64. The van der Waals surface area contributed by atoms with Crippen LogP contribution >= 0.6 is 0 Å².